The van der Waals surface area contributed by atoms with Crippen molar-refractivity contribution in [2.45, 2.75) is 32.4 Å². The molecule has 2 aromatic heterocycles. The number of pyridine rings is 1. The molecule has 1 aliphatic rings. The molecule has 1 aliphatic carbocycles. The normalized spacial score (nSPS) is 14.1. The lowest BCUT2D eigenvalue weighted by molar-refractivity contribution is 0.104. The Kier molecular flexibility index (Phi) is 4.65. The van der Waals surface area contributed by atoms with E-state index in [-0.39, 0.29) is 31.4 Å². The molecule has 0 spiro atoms. The molecule has 2 heterocycles. The molecule has 0 atom stereocenters. The summed E-state index contributed by atoms with van der Waals surface area (Å²) in [5.41, 5.74) is 2.48. The van der Waals surface area contributed by atoms with Gasteiger partial charge in [-0.15, -0.1) is 0 Å². The molecule has 3 aromatic rings. The number of nitrogens with zero attached hydrogens (tertiary/aromatic N) is 2. The molecule has 0 saturated heterocycles. The highest BCUT2D eigenvalue weighted by Gasteiger charge is 2.30. The second kappa shape index (κ2) is 6.97. The van der Waals surface area contributed by atoms with E-state index in [0.717, 1.165) is 33.8 Å². The predicted octanol–water partition coefficient (Wildman–Crippen LogP) is 3.33. The van der Waals surface area contributed by atoms with Crippen molar-refractivity contribution in [2.24, 2.45) is 0 Å². The van der Waals surface area contributed by atoms with E-state index in [1.54, 1.807) is 0 Å². The lowest BCUT2D eigenvalue weighted by atomic mass is 10.1. The van der Waals surface area contributed by atoms with Gasteiger partial charge in [0.25, 0.3) is 5.56 Å². The van der Waals surface area contributed by atoms with E-state index in [1.165, 1.54) is 0 Å². The summed E-state index contributed by atoms with van der Waals surface area (Å²) in [6.45, 7) is 2.40. The molecule has 0 aliphatic heterocycles. The highest BCUT2D eigenvalue weighted by atomic mass is 79.9. The quantitative estimate of drug-likeness (QED) is 0.575. The number of carbonyl (C=O) groups is 1. The topological polar surface area (TPSA) is 107 Å². The Balaban J connectivity index is 1.73. The van der Waals surface area contributed by atoms with Crippen molar-refractivity contribution in [1.29, 1.82) is 0 Å². The van der Waals surface area contributed by atoms with E-state index in [9.17, 15) is 9.59 Å². The number of aryl methyl sites for hydroxylation is 1. The van der Waals surface area contributed by atoms with E-state index >= 15 is 0 Å². The zero-order chi connectivity index (χ0) is 19.1. The first-order chi connectivity index (χ1) is 13.0. The molecule has 1 amide bonds. The summed E-state index contributed by atoms with van der Waals surface area (Å²) < 4.78 is 14.0. The van der Waals surface area contributed by atoms with Gasteiger partial charge in [-0.1, -0.05) is 15.9 Å². The van der Waals surface area contributed by atoms with E-state index in [4.69, 9.17) is 14.3 Å². The molecule has 1 fully saturated rings. The van der Waals surface area contributed by atoms with Gasteiger partial charge >= 0.3 is 6.09 Å². The van der Waals surface area contributed by atoms with Crippen molar-refractivity contribution in [3.8, 4) is 0 Å². The van der Waals surface area contributed by atoms with Crippen molar-refractivity contribution in [3.63, 3.8) is 0 Å². The third-order valence-electron chi connectivity index (χ3n) is 4.60. The number of amides is 1. The molecule has 4 rings (SSSR count). The van der Waals surface area contributed by atoms with E-state index in [2.05, 4.69) is 26.2 Å². The summed E-state index contributed by atoms with van der Waals surface area (Å²) in [4.78, 5) is 27.8. The zero-order valence-electron chi connectivity index (χ0n) is 14.6. The average molecular weight is 436 g/mol. The first-order valence-electron chi connectivity index (χ1n) is 8.64. The van der Waals surface area contributed by atoms with Crippen LogP contribution in [0.1, 0.15) is 30.3 Å². The molecule has 0 unspecified atom stereocenters. The summed E-state index contributed by atoms with van der Waals surface area (Å²) >= 11 is 3.54. The maximum Gasteiger partial charge on any atom is 0.404 e. The number of aromatic nitrogens is 2. The smallest absolute Gasteiger partial charge is 0.404 e. The van der Waals surface area contributed by atoms with Crippen molar-refractivity contribution >= 4 is 44.0 Å². The van der Waals surface area contributed by atoms with Crippen molar-refractivity contribution in [1.82, 2.24) is 14.9 Å². The number of halogens is 1. The lowest BCUT2D eigenvalue weighted by Gasteiger charge is -2.12. The van der Waals surface area contributed by atoms with Gasteiger partial charge in [-0.3, -0.25) is 4.79 Å². The van der Waals surface area contributed by atoms with Gasteiger partial charge < -0.3 is 24.1 Å². The molecule has 27 heavy (non-hydrogen) atoms. The van der Waals surface area contributed by atoms with Gasteiger partial charge in [-0.2, -0.15) is 0 Å². The van der Waals surface area contributed by atoms with E-state index < -0.39 is 6.09 Å². The Morgan fingerprint density at radius 2 is 2.26 bits per heavy atom. The Morgan fingerprint density at radius 1 is 1.48 bits per heavy atom. The van der Waals surface area contributed by atoms with Crippen LogP contribution in [0.15, 0.2) is 25.8 Å². The van der Waals surface area contributed by atoms with Gasteiger partial charge in [0.15, 0.2) is 11.1 Å². The highest BCUT2D eigenvalue weighted by molar-refractivity contribution is 9.10. The van der Waals surface area contributed by atoms with E-state index in [0.29, 0.717) is 17.0 Å². The SMILES string of the molecule is Cc1c(Br)ccc2c3oc(COCCNC(=O)O)nc3c(=O)n(C3CC3)c12. The van der Waals surface area contributed by atoms with Gasteiger partial charge in [0.05, 0.1) is 12.1 Å². The Bertz CT molecular complexity index is 1100. The molecule has 8 nitrogen and oxygen atoms in total. The van der Waals surface area contributed by atoms with Crippen LogP contribution >= 0.6 is 15.9 Å². The minimum absolute atomic E-state index is 0.0653. The van der Waals surface area contributed by atoms with Crippen LogP contribution in [0.2, 0.25) is 0 Å². The van der Waals surface area contributed by atoms with Crippen molar-refractivity contribution < 1.29 is 19.1 Å². The Morgan fingerprint density at radius 3 is 2.96 bits per heavy atom. The Labute approximate surface area is 162 Å². The second-order valence-corrected chi connectivity index (χ2v) is 7.40. The summed E-state index contributed by atoms with van der Waals surface area (Å²) in [5, 5.41) is 11.6. The average Bonchev–Trinajstić information content (AvgIpc) is 3.36. The highest BCUT2D eigenvalue weighted by Crippen LogP contribution is 2.39. The van der Waals surface area contributed by atoms with Gasteiger partial charge in [0, 0.05) is 22.4 Å². The van der Waals surface area contributed by atoms with Gasteiger partial charge in [0.1, 0.15) is 6.61 Å². The second-order valence-electron chi connectivity index (χ2n) is 6.54. The molecule has 2 N–H and O–H groups in total. The minimum atomic E-state index is -1.10. The fraction of sp³-hybridized carbons (Fsp3) is 0.389. The number of hydrogen-bond acceptors (Lipinski definition) is 5. The Hall–Kier alpha value is -2.39. The number of ether oxygens (including phenoxy) is 1. The summed E-state index contributed by atoms with van der Waals surface area (Å²) in [5.74, 6) is 0.299. The summed E-state index contributed by atoms with van der Waals surface area (Å²) in [6, 6.07) is 4.07. The molecule has 0 bridgehead atoms. The maximum absolute atomic E-state index is 13.1. The number of benzene rings is 1. The van der Waals surface area contributed by atoms with Crippen molar-refractivity contribution in [2.75, 3.05) is 13.2 Å². The first-order valence-corrected chi connectivity index (χ1v) is 9.44. The number of rotatable bonds is 6. The van der Waals surface area contributed by atoms with Crippen LogP contribution in [0, 0.1) is 6.92 Å². The van der Waals surface area contributed by atoms with Crippen LogP contribution in [-0.2, 0) is 11.3 Å². The molecule has 1 saturated carbocycles. The molecule has 142 valence electrons. The van der Waals surface area contributed by atoms with Crippen LogP contribution in [0.3, 0.4) is 0 Å². The summed E-state index contributed by atoms with van der Waals surface area (Å²) in [6.07, 6.45) is 0.863. The predicted molar refractivity (Wildman–Crippen MR) is 102 cm³/mol. The van der Waals surface area contributed by atoms with Gasteiger partial charge in [-0.05, 0) is 37.5 Å². The molecular formula is C18H18BrN3O5. The van der Waals surface area contributed by atoms with Crippen LogP contribution in [-0.4, -0.2) is 33.9 Å². The van der Waals surface area contributed by atoms with Crippen LogP contribution in [0.4, 0.5) is 4.79 Å². The van der Waals surface area contributed by atoms with Crippen LogP contribution < -0.4 is 10.9 Å². The third kappa shape index (κ3) is 3.32. The minimum Gasteiger partial charge on any atom is -0.465 e. The lowest BCUT2D eigenvalue weighted by Crippen LogP contribution is -2.25. The maximum atomic E-state index is 13.1. The van der Waals surface area contributed by atoms with Gasteiger partial charge in [0.2, 0.25) is 5.89 Å². The summed E-state index contributed by atoms with van der Waals surface area (Å²) in [7, 11) is 0. The zero-order valence-corrected chi connectivity index (χ0v) is 16.2. The molecule has 0 radical (unpaired) electrons. The number of carboxylic acid groups (broad SMARTS) is 1. The molecular weight excluding hydrogens is 418 g/mol. The number of fused-ring (bicyclic) bond motifs is 3. The standard InChI is InChI=1S/C18H18BrN3O5/c1-9-12(19)5-4-11-15(9)22(10-2-3-10)17(23)14-16(11)27-13(21-14)8-26-7-6-20-18(24)25/h4-5,10,20H,2-3,6-8H2,1H3,(H,24,25). The fourth-order valence-corrected chi connectivity index (χ4v) is 3.53. The van der Waals surface area contributed by atoms with Crippen LogP contribution in [0.5, 0.6) is 0 Å². The van der Waals surface area contributed by atoms with E-state index in [1.807, 2.05) is 23.6 Å². The number of oxazole rings is 1. The third-order valence-corrected chi connectivity index (χ3v) is 5.46. The first kappa shape index (κ1) is 18.0. The largest absolute Gasteiger partial charge is 0.465 e. The fourth-order valence-electron chi connectivity index (χ4n) is 3.21. The monoisotopic (exact) mass is 435 g/mol. The van der Waals surface area contributed by atoms with Gasteiger partial charge in [-0.25, -0.2) is 9.78 Å². The number of hydrogen-bond donors (Lipinski definition) is 2. The van der Waals surface area contributed by atoms with Crippen molar-refractivity contribution in [3.05, 3.63) is 38.4 Å². The molecule has 1 aromatic carbocycles. The number of nitrogens with one attached hydrogen (secondary N) is 1. The van der Waals surface area contributed by atoms with Crippen LogP contribution in [0.25, 0.3) is 22.0 Å². The molecule has 9 heteroatoms.